The number of aromatic nitrogens is 2. The fraction of sp³-hybridized carbons (Fsp3) is 0.333. The molecule has 2 rings (SSSR count). The molecule has 1 heterocycles. The Hall–Kier alpha value is -1.74. The van der Waals surface area contributed by atoms with Crippen molar-refractivity contribution in [2.24, 2.45) is 0 Å². The molecule has 0 amide bonds. The van der Waals surface area contributed by atoms with Crippen LogP contribution >= 0.6 is 0 Å². The highest BCUT2D eigenvalue weighted by molar-refractivity contribution is 5.66. The van der Waals surface area contributed by atoms with Crippen molar-refractivity contribution in [1.82, 2.24) is 9.97 Å². The van der Waals surface area contributed by atoms with E-state index in [-0.39, 0.29) is 6.61 Å². The van der Waals surface area contributed by atoms with Crippen LogP contribution in [0.2, 0.25) is 0 Å². The summed E-state index contributed by atoms with van der Waals surface area (Å²) in [6.07, 6.45) is 0. The molecule has 0 saturated heterocycles. The number of hydrogen-bond donors (Lipinski definition) is 1. The van der Waals surface area contributed by atoms with Gasteiger partial charge in [0.1, 0.15) is 6.61 Å². The molecule has 0 fully saturated rings. The lowest BCUT2D eigenvalue weighted by Crippen LogP contribution is -2.00. The van der Waals surface area contributed by atoms with Crippen molar-refractivity contribution in [1.29, 1.82) is 0 Å². The van der Waals surface area contributed by atoms with Crippen molar-refractivity contribution in [3.63, 3.8) is 0 Å². The number of nitrogens with zero attached hydrogens (tertiary/aromatic N) is 2. The Labute approximate surface area is 108 Å². The highest BCUT2D eigenvalue weighted by Crippen LogP contribution is 2.26. The van der Waals surface area contributed by atoms with Crippen LogP contribution in [0.25, 0.3) is 11.3 Å². The zero-order valence-corrected chi connectivity index (χ0v) is 11.3. The van der Waals surface area contributed by atoms with Crippen LogP contribution in [0.1, 0.15) is 28.2 Å². The van der Waals surface area contributed by atoms with E-state index < -0.39 is 0 Å². The average molecular weight is 242 g/mol. The lowest BCUT2D eigenvalue weighted by atomic mass is 9.96. The van der Waals surface area contributed by atoms with E-state index in [0.29, 0.717) is 5.82 Å². The van der Waals surface area contributed by atoms with E-state index in [9.17, 15) is 5.11 Å². The zero-order valence-electron chi connectivity index (χ0n) is 11.3. The summed E-state index contributed by atoms with van der Waals surface area (Å²) >= 11 is 0. The quantitative estimate of drug-likeness (QED) is 0.880. The molecule has 0 saturated carbocycles. The fourth-order valence-corrected chi connectivity index (χ4v) is 2.07. The molecule has 0 spiro atoms. The van der Waals surface area contributed by atoms with Gasteiger partial charge in [-0.15, -0.1) is 0 Å². The molecule has 1 N–H and O–H groups in total. The fourth-order valence-electron chi connectivity index (χ4n) is 2.07. The number of aliphatic hydroxyl groups excluding tert-OH is 1. The molecule has 0 radical (unpaired) electrons. The molecule has 94 valence electrons. The second kappa shape index (κ2) is 4.86. The second-order valence-corrected chi connectivity index (χ2v) is 4.65. The maximum Gasteiger partial charge on any atom is 0.154 e. The number of hydrogen-bond acceptors (Lipinski definition) is 3. The summed E-state index contributed by atoms with van der Waals surface area (Å²) in [7, 11) is 0. The smallest absolute Gasteiger partial charge is 0.154 e. The van der Waals surface area contributed by atoms with Crippen LogP contribution in [0, 0.1) is 27.7 Å². The Morgan fingerprint density at radius 3 is 2.39 bits per heavy atom. The van der Waals surface area contributed by atoms with E-state index in [0.717, 1.165) is 17.0 Å². The number of aryl methyl sites for hydroxylation is 2. The molecule has 0 aliphatic rings. The first kappa shape index (κ1) is 12.7. The molecule has 3 nitrogen and oxygen atoms in total. The maximum absolute atomic E-state index is 9.18. The third-order valence-electron chi connectivity index (χ3n) is 3.38. The largest absolute Gasteiger partial charge is 0.388 e. The Balaban J connectivity index is 2.62. The van der Waals surface area contributed by atoms with Gasteiger partial charge in [0, 0.05) is 11.3 Å². The third-order valence-corrected chi connectivity index (χ3v) is 3.38. The van der Waals surface area contributed by atoms with Crippen LogP contribution < -0.4 is 0 Å². The van der Waals surface area contributed by atoms with Crippen LogP contribution in [-0.4, -0.2) is 15.1 Å². The molecule has 1 aromatic heterocycles. The summed E-state index contributed by atoms with van der Waals surface area (Å²) < 4.78 is 0. The van der Waals surface area contributed by atoms with E-state index in [1.165, 1.54) is 16.7 Å². The molecule has 2 aromatic rings. The lowest BCUT2D eigenvalue weighted by Gasteiger charge is -2.12. The van der Waals surface area contributed by atoms with E-state index in [1.807, 2.05) is 13.0 Å². The predicted molar refractivity (Wildman–Crippen MR) is 72.3 cm³/mol. The normalized spacial score (nSPS) is 10.7. The van der Waals surface area contributed by atoms with Crippen molar-refractivity contribution in [2.75, 3.05) is 0 Å². The lowest BCUT2D eigenvalue weighted by molar-refractivity contribution is 0.271. The van der Waals surface area contributed by atoms with E-state index in [1.54, 1.807) is 0 Å². The molecule has 0 unspecified atom stereocenters. The summed E-state index contributed by atoms with van der Waals surface area (Å²) in [6, 6.07) is 6.14. The van der Waals surface area contributed by atoms with Crippen LogP contribution in [0.3, 0.4) is 0 Å². The monoisotopic (exact) mass is 242 g/mol. The van der Waals surface area contributed by atoms with Gasteiger partial charge in [0.25, 0.3) is 0 Å². The molecule has 18 heavy (non-hydrogen) atoms. The average Bonchev–Trinajstić information content (AvgIpc) is 2.35. The Morgan fingerprint density at radius 1 is 1.00 bits per heavy atom. The van der Waals surface area contributed by atoms with Crippen LogP contribution in [0.15, 0.2) is 18.2 Å². The first-order chi connectivity index (χ1) is 8.52. The van der Waals surface area contributed by atoms with Crippen molar-refractivity contribution in [3.05, 3.63) is 46.4 Å². The summed E-state index contributed by atoms with van der Waals surface area (Å²) in [5.41, 5.74) is 6.67. The van der Waals surface area contributed by atoms with Crippen molar-refractivity contribution in [3.8, 4) is 11.3 Å². The molecule has 0 bridgehead atoms. The number of benzene rings is 1. The van der Waals surface area contributed by atoms with Crippen molar-refractivity contribution in [2.45, 2.75) is 34.3 Å². The summed E-state index contributed by atoms with van der Waals surface area (Å²) in [4.78, 5) is 8.58. The Bertz CT molecular complexity index is 591. The van der Waals surface area contributed by atoms with Gasteiger partial charge < -0.3 is 5.11 Å². The highest BCUT2D eigenvalue weighted by atomic mass is 16.3. The molecule has 3 heteroatoms. The minimum absolute atomic E-state index is 0.126. The number of rotatable bonds is 2. The molecule has 1 aromatic carbocycles. The maximum atomic E-state index is 9.18. The highest BCUT2D eigenvalue weighted by Gasteiger charge is 2.09. The molecular formula is C15H18N2O. The third kappa shape index (κ3) is 2.27. The van der Waals surface area contributed by atoms with Gasteiger partial charge in [0.05, 0.1) is 5.69 Å². The van der Waals surface area contributed by atoms with Crippen LogP contribution in [0.4, 0.5) is 0 Å². The first-order valence-corrected chi connectivity index (χ1v) is 6.05. The SMILES string of the molecule is Cc1cc(-c2ccc(C)c(C)c2C)nc(CO)n1. The Kier molecular flexibility index (Phi) is 3.43. The first-order valence-electron chi connectivity index (χ1n) is 6.05. The minimum atomic E-state index is -0.126. The Morgan fingerprint density at radius 2 is 1.72 bits per heavy atom. The van der Waals surface area contributed by atoms with Gasteiger partial charge >= 0.3 is 0 Å². The predicted octanol–water partition coefficient (Wildman–Crippen LogP) is 2.87. The van der Waals surface area contributed by atoms with Crippen LogP contribution in [0.5, 0.6) is 0 Å². The van der Waals surface area contributed by atoms with E-state index in [4.69, 9.17) is 0 Å². The zero-order chi connectivity index (χ0) is 13.3. The van der Waals surface area contributed by atoms with Gasteiger partial charge in [-0.1, -0.05) is 12.1 Å². The minimum Gasteiger partial charge on any atom is -0.388 e. The standard InChI is InChI=1S/C15H18N2O/c1-9-5-6-13(12(4)11(9)3)14-7-10(2)16-15(8-18)17-14/h5-7,18H,8H2,1-4H3. The van der Waals surface area contributed by atoms with Gasteiger partial charge in [0.15, 0.2) is 5.82 Å². The van der Waals surface area contributed by atoms with Gasteiger partial charge in [-0.05, 0) is 50.5 Å². The molecule has 0 aliphatic carbocycles. The molecular weight excluding hydrogens is 224 g/mol. The second-order valence-electron chi connectivity index (χ2n) is 4.65. The van der Waals surface area contributed by atoms with E-state index in [2.05, 4.69) is 42.9 Å². The van der Waals surface area contributed by atoms with Gasteiger partial charge in [-0.2, -0.15) is 0 Å². The van der Waals surface area contributed by atoms with Crippen LogP contribution in [-0.2, 0) is 6.61 Å². The van der Waals surface area contributed by atoms with Gasteiger partial charge in [-0.25, -0.2) is 9.97 Å². The summed E-state index contributed by atoms with van der Waals surface area (Å²) in [5.74, 6) is 0.475. The molecule has 0 aliphatic heterocycles. The van der Waals surface area contributed by atoms with Crippen molar-refractivity contribution < 1.29 is 5.11 Å². The van der Waals surface area contributed by atoms with Crippen molar-refractivity contribution >= 4 is 0 Å². The van der Waals surface area contributed by atoms with E-state index >= 15 is 0 Å². The van der Waals surface area contributed by atoms with Gasteiger partial charge in [-0.3, -0.25) is 0 Å². The van der Waals surface area contributed by atoms with Gasteiger partial charge in [0.2, 0.25) is 0 Å². The molecule has 0 atom stereocenters. The topological polar surface area (TPSA) is 46.0 Å². The number of aliphatic hydroxyl groups is 1. The summed E-state index contributed by atoms with van der Waals surface area (Å²) in [6.45, 7) is 8.12. The summed E-state index contributed by atoms with van der Waals surface area (Å²) in [5, 5.41) is 9.18.